The van der Waals surface area contributed by atoms with Gasteiger partial charge in [-0.3, -0.25) is 9.20 Å². The molecular weight excluding hydrogens is 551 g/mol. The number of carbonyl (C=O) groups excluding carboxylic acids is 1. The van der Waals surface area contributed by atoms with Crippen LogP contribution in [-0.4, -0.2) is 64.5 Å². The van der Waals surface area contributed by atoms with E-state index in [0.717, 1.165) is 67.5 Å². The minimum absolute atomic E-state index is 0.0188. The minimum atomic E-state index is 0.0188. The quantitative estimate of drug-likeness (QED) is 0.240. The Morgan fingerprint density at radius 3 is 2.45 bits per heavy atom. The number of methoxy groups -OCH3 is 2. The second-order valence-corrected chi connectivity index (χ2v) is 10.6. The highest BCUT2D eigenvalue weighted by Gasteiger charge is 2.24. The number of carbonyl (C=O) groups is 1. The number of hydrogen-bond acceptors (Lipinski definition) is 7. The van der Waals surface area contributed by atoms with Gasteiger partial charge in [0.05, 0.1) is 30.0 Å². The summed E-state index contributed by atoms with van der Waals surface area (Å²) in [5.41, 5.74) is 3.64. The normalized spacial score (nSPS) is 14.1. The number of nitrogens with zero attached hydrogens (tertiary/aromatic N) is 5. The largest absolute Gasteiger partial charge is 0.495 e. The van der Waals surface area contributed by atoms with Crippen LogP contribution in [0.3, 0.4) is 0 Å². The Morgan fingerprint density at radius 1 is 1.12 bits per heavy atom. The number of amides is 1. The first-order valence-electron chi connectivity index (χ1n) is 13.3. The van der Waals surface area contributed by atoms with Crippen LogP contribution < -0.4 is 14.8 Å². The van der Waals surface area contributed by atoms with Gasteiger partial charge in [0.15, 0.2) is 5.65 Å². The third-order valence-electron chi connectivity index (χ3n) is 7.53. The highest BCUT2D eigenvalue weighted by molar-refractivity contribution is 6.41. The van der Waals surface area contributed by atoms with Gasteiger partial charge in [-0.2, -0.15) is 4.98 Å². The maximum atomic E-state index is 11.9. The number of piperidine rings is 1. The van der Waals surface area contributed by atoms with E-state index in [1.165, 1.54) is 6.08 Å². The lowest BCUT2D eigenvalue weighted by Crippen LogP contribution is -2.37. The van der Waals surface area contributed by atoms with E-state index in [0.29, 0.717) is 44.6 Å². The minimum Gasteiger partial charge on any atom is -0.495 e. The highest BCUT2D eigenvalue weighted by atomic mass is 35.5. The predicted octanol–water partition coefficient (Wildman–Crippen LogP) is 6.06. The zero-order valence-corrected chi connectivity index (χ0v) is 24.3. The molecule has 4 heterocycles. The molecule has 40 heavy (non-hydrogen) atoms. The Kier molecular flexibility index (Phi) is 8.32. The summed E-state index contributed by atoms with van der Waals surface area (Å²) in [7, 11) is 4.89. The number of benzene rings is 1. The summed E-state index contributed by atoms with van der Waals surface area (Å²) < 4.78 is 13.0. The molecule has 1 aliphatic rings. The Balaban J connectivity index is 1.50. The molecule has 1 N–H and O–H groups in total. The SMILES string of the molecule is C=CC(=O)N1CCC(CCCc2cn3c(n2)c(-c2c(Cl)c(OC)cc(OC)c2Cl)cc2cnc(NC)nc23)CC1. The maximum absolute atomic E-state index is 11.9. The van der Waals surface area contributed by atoms with Crippen LogP contribution in [0.2, 0.25) is 10.0 Å². The summed E-state index contributed by atoms with van der Waals surface area (Å²) in [6, 6.07) is 3.62. The predicted molar refractivity (Wildman–Crippen MR) is 159 cm³/mol. The number of imidazole rings is 1. The van der Waals surface area contributed by atoms with E-state index in [-0.39, 0.29) is 5.91 Å². The average Bonchev–Trinajstić information content (AvgIpc) is 3.41. The monoisotopic (exact) mass is 582 g/mol. The summed E-state index contributed by atoms with van der Waals surface area (Å²) in [5, 5.41) is 4.55. The van der Waals surface area contributed by atoms with Gasteiger partial charge in [0.25, 0.3) is 0 Å². The zero-order chi connectivity index (χ0) is 28.4. The maximum Gasteiger partial charge on any atom is 0.245 e. The van der Waals surface area contributed by atoms with Crippen molar-refractivity contribution in [2.24, 2.45) is 5.92 Å². The van der Waals surface area contributed by atoms with Crippen molar-refractivity contribution >= 4 is 51.7 Å². The van der Waals surface area contributed by atoms with Gasteiger partial charge in [0.1, 0.15) is 17.1 Å². The Bertz CT molecular complexity index is 1550. The van der Waals surface area contributed by atoms with Gasteiger partial charge < -0.3 is 19.7 Å². The van der Waals surface area contributed by atoms with Gasteiger partial charge >= 0.3 is 0 Å². The fourth-order valence-corrected chi connectivity index (χ4v) is 6.07. The summed E-state index contributed by atoms with van der Waals surface area (Å²) in [4.78, 5) is 27.9. The van der Waals surface area contributed by atoms with Crippen LogP contribution in [0.5, 0.6) is 11.5 Å². The van der Waals surface area contributed by atoms with Crippen LogP contribution in [0.4, 0.5) is 5.95 Å². The number of hydrogen-bond donors (Lipinski definition) is 1. The van der Waals surface area contributed by atoms with Crippen molar-refractivity contribution in [2.45, 2.75) is 32.1 Å². The molecule has 11 heteroatoms. The number of nitrogens with one attached hydrogen (secondary N) is 1. The van der Waals surface area contributed by atoms with Crippen LogP contribution in [0, 0.1) is 5.92 Å². The first-order chi connectivity index (χ1) is 19.4. The molecule has 1 fully saturated rings. The number of aryl methyl sites for hydroxylation is 1. The fourth-order valence-electron chi connectivity index (χ4n) is 5.37. The topological polar surface area (TPSA) is 93.9 Å². The van der Waals surface area contributed by atoms with E-state index >= 15 is 0 Å². The molecule has 4 aromatic rings. The zero-order valence-electron chi connectivity index (χ0n) is 22.8. The molecule has 1 aliphatic heterocycles. The number of rotatable bonds is 9. The molecule has 0 spiro atoms. The lowest BCUT2D eigenvalue weighted by atomic mass is 9.91. The molecule has 0 radical (unpaired) electrons. The summed E-state index contributed by atoms with van der Waals surface area (Å²) >= 11 is 13.6. The molecule has 0 saturated carbocycles. The summed E-state index contributed by atoms with van der Waals surface area (Å²) in [5.74, 6) is 2.02. The number of anilines is 1. The molecule has 0 aliphatic carbocycles. The van der Waals surface area contributed by atoms with Crippen molar-refractivity contribution in [3.63, 3.8) is 0 Å². The molecule has 3 aromatic heterocycles. The van der Waals surface area contributed by atoms with E-state index in [4.69, 9.17) is 42.6 Å². The van der Waals surface area contributed by atoms with Crippen LogP contribution in [0.25, 0.3) is 27.8 Å². The number of halogens is 2. The molecule has 0 bridgehead atoms. The van der Waals surface area contributed by atoms with Gasteiger partial charge in [-0.25, -0.2) is 9.97 Å². The first-order valence-corrected chi connectivity index (χ1v) is 14.0. The Morgan fingerprint density at radius 2 is 1.82 bits per heavy atom. The summed E-state index contributed by atoms with van der Waals surface area (Å²) in [6.07, 6.45) is 10.1. The number of ether oxygens (including phenoxy) is 2. The van der Waals surface area contributed by atoms with Crippen LogP contribution in [0.1, 0.15) is 31.4 Å². The third kappa shape index (κ3) is 5.28. The van der Waals surface area contributed by atoms with E-state index in [2.05, 4.69) is 16.9 Å². The Hall–Kier alpha value is -3.56. The van der Waals surface area contributed by atoms with E-state index in [1.807, 2.05) is 21.6 Å². The molecule has 1 aromatic carbocycles. The molecule has 5 rings (SSSR count). The average molecular weight is 584 g/mol. The second-order valence-electron chi connectivity index (χ2n) is 9.86. The Labute approximate surface area is 243 Å². The second kappa shape index (κ2) is 11.9. The van der Waals surface area contributed by atoms with Crippen molar-refractivity contribution in [1.29, 1.82) is 0 Å². The highest BCUT2D eigenvalue weighted by Crippen LogP contribution is 2.47. The van der Waals surface area contributed by atoms with Crippen molar-refractivity contribution < 1.29 is 14.3 Å². The molecule has 0 atom stereocenters. The third-order valence-corrected chi connectivity index (χ3v) is 8.28. The molecule has 1 amide bonds. The molecular formula is C29H32Cl2N6O3. The number of aromatic nitrogens is 4. The standard InChI is InChI=1S/C29H32Cl2N6O3/c1-5-23(38)36-11-9-17(10-12-36)7-6-8-19-16-37-27-18(15-33-29(32-2)35-27)13-20(28(37)34-19)24-25(30)21(39-3)14-22(40-4)26(24)31/h5,13-17H,1,6-12H2,2-4H3,(H,32,33,35). The van der Waals surface area contributed by atoms with E-state index in [1.54, 1.807) is 33.5 Å². The van der Waals surface area contributed by atoms with E-state index in [9.17, 15) is 4.79 Å². The number of pyridine rings is 1. The van der Waals surface area contributed by atoms with E-state index < -0.39 is 0 Å². The van der Waals surface area contributed by atoms with Crippen molar-refractivity contribution in [1.82, 2.24) is 24.3 Å². The van der Waals surface area contributed by atoms with Crippen molar-refractivity contribution in [3.05, 3.63) is 52.9 Å². The van der Waals surface area contributed by atoms with Crippen molar-refractivity contribution in [3.8, 4) is 22.6 Å². The van der Waals surface area contributed by atoms with Gasteiger partial charge in [0.2, 0.25) is 11.9 Å². The van der Waals surface area contributed by atoms with Gasteiger partial charge in [-0.1, -0.05) is 29.8 Å². The van der Waals surface area contributed by atoms with Crippen molar-refractivity contribution in [2.75, 3.05) is 39.7 Å². The van der Waals surface area contributed by atoms with Crippen LogP contribution in [-0.2, 0) is 11.2 Å². The molecule has 9 nitrogen and oxygen atoms in total. The lowest BCUT2D eigenvalue weighted by molar-refractivity contribution is -0.127. The van der Waals surface area contributed by atoms with Gasteiger partial charge in [-0.15, -0.1) is 0 Å². The molecule has 210 valence electrons. The summed E-state index contributed by atoms with van der Waals surface area (Å²) in [6.45, 7) is 5.18. The van der Waals surface area contributed by atoms with Gasteiger partial charge in [-0.05, 0) is 50.2 Å². The van der Waals surface area contributed by atoms with Gasteiger partial charge in [0, 0.05) is 55.1 Å². The molecule has 0 unspecified atom stereocenters. The van der Waals surface area contributed by atoms with Crippen LogP contribution >= 0.6 is 23.2 Å². The number of likely N-dealkylation sites (tertiary alicyclic amines) is 1. The smallest absolute Gasteiger partial charge is 0.245 e. The van der Waals surface area contributed by atoms with Crippen LogP contribution in [0.15, 0.2) is 37.2 Å². The molecule has 1 saturated heterocycles. The fraction of sp³-hybridized carbons (Fsp3) is 0.379. The first kappa shape index (κ1) is 28.0. The lowest BCUT2D eigenvalue weighted by Gasteiger charge is -2.31. The number of fused-ring (bicyclic) bond motifs is 3.